The molecule has 4 heterocycles. The fraction of sp³-hybridized carbons (Fsp3) is 0.389. The van der Waals surface area contributed by atoms with Crippen LogP contribution < -0.4 is 4.65 Å². The normalized spacial score (nSPS) is 21.6. The molecule has 1 fully saturated rings. The third-order valence-electron chi connectivity index (χ3n) is 5.31. The van der Waals surface area contributed by atoms with Gasteiger partial charge in [0, 0.05) is 30.0 Å². The number of hydrogen-bond donors (Lipinski definition) is 1. The molecule has 1 saturated heterocycles. The maximum atomic E-state index is 12.2. The standard InChI is InChI=1S/C18H18BN4O3/c1-11-4-7-22(16(24)3-6-20)9-13(11)14-10-23(25)18-17(14)12-2-5-19-26-15(12)8-21-18/h2,5,8,10-11,13,25H,3-4,7,9H2,1H3/t11-,13+/m1/s1. The maximum Gasteiger partial charge on any atom is 0.401 e. The van der Waals surface area contributed by atoms with Crippen molar-refractivity contribution in [1.82, 2.24) is 14.6 Å². The number of aromatic nitrogens is 2. The van der Waals surface area contributed by atoms with Crippen molar-refractivity contribution in [1.29, 1.82) is 5.26 Å². The molecule has 26 heavy (non-hydrogen) atoms. The predicted octanol–water partition coefficient (Wildman–Crippen LogP) is 2.12. The number of carbonyl (C=O) groups excluding carboxylic acids is 1. The number of hydrogen-bond acceptors (Lipinski definition) is 5. The predicted molar refractivity (Wildman–Crippen MR) is 95.7 cm³/mol. The lowest BCUT2D eigenvalue weighted by Gasteiger charge is -2.37. The highest BCUT2D eigenvalue weighted by atomic mass is 16.5. The lowest BCUT2D eigenvalue weighted by molar-refractivity contribution is -0.131. The van der Waals surface area contributed by atoms with Gasteiger partial charge in [-0.05, 0) is 17.9 Å². The number of nitrogens with zero attached hydrogens (tertiary/aromatic N) is 4. The molecule has 0 aliphatic carbocycles. The van der Waals surface area contributed by atoms with E-state index in [2.05, 4.69) is 11.9 Å². The van der Waals surface area contributed by atoms with Crippen LogP contribution in [0.4, 0.5) is 0 Å². The summed E-state index contributed by atoms with van der Waals surface area (Å²) in [6.45, 7) is 3.34. The van der Waals surface area contributed by atoms with Gasteiger partial charge in [-0.2, -0.15) is 9.99 Å². The minimum atomic E-state index is -0.143. The van der Waals surface area contributed by atoms with E-state index in [0.717, 1.165) is 27.7 Å². The van der Waals surface area contributed by atoms with Crippen molar-refractivity contribution in [2.24, 2.45) is 5.92 Å². The summed E-state index contributed by atoms with van der Waals surface area (Å²) in [5, 5.41) is 20.0. The zero-order valence-corrected chi connectivity index (χ0v) is 14.4. The fourth-order valence-corrected chi connectivity index (χ4v) is 3.88. The highest BCUT2D eigenvalue weighted by Crippen LogP contribution is 2.40. The smallest absolute Gasteiger partial charge is 0.401 e. The van der Waals surface area contributed by atoms with E-state index in [4.69, 9.17) is 9.92 Å². The van der Waals surface area contributed by atoms with Crippen molar-refractivity contribution in [2.75, 3.05) is 13.1 Å². The molecule has 2 atom stereocenters. The van der Waals surface area contributed by atoms with Gasteiger partial charge in [-0.25, -0.2) is 4.98 Å². The largest absolute Gasteiger partial charge is 0.557 e. The third-order valence-corrected chi connectivity index (χ3v) is 5.31. The highest BCUT2D eigenvalue weighted by Gasteiger charge is 2.33. The second-order valence-corrected chi connectivity index (χ2v) is 6.82. The van der Waals surface area contributed by atoms with Crippen LogP contribution in [0.1, 0.15) is 36.8 Å². The van der Waals surface area contributed by atoms with Gasteiger partial charge in [0.25, 0.3) is 0 Å². The minimum Gasteiger partial charge on any atom is -0.557 e. The number of fused-ring (bicyclic) bond motifs is 3. The Morgan fingerprint density at radius 3 is 3.23 bits per heavy atom. The SMILES string of the molecule is C[C@@H]1CCN(C(=O)CC#N)C[C@@H]1c1cn(O)c2ncc3c(c12)C=C[B]O3. The molecule has 1 radical (unpaired) electrons. The number of pyridine rings is 1. The Hall–Kier alpha value is -2.95. The Bertz CT molecular complexity index is 946. The van der Waals surface area contributed by atoms with Crippen molar-refractivity contribution >= 4 is 30.5 Å². The van der Waals surface area contributed by atoms with Crippen LogP contribution in [0.15, 0.2) is 18.4 Å². The average molecular weight is 349 g/mol. The Morgan fingerprint density at radius 1 is 1.58 bits per heavy atom. The van der Waals surface area contributed by atoms with Crippen molar-refractivity contribution in [2.45, 2.75) is 25.7 Å². The Labute approximate surface area is 151 Å². The molecule has 2 aliphatic heterocycles. The summed E-state index contributed by atoms with van der Waals surface area (Å²) in [7, 11) is 1.59. The van der Waals surface area contributed by atoms with Crippen molar-refractivity contribution < 1.29 is 14.7 Å². The molecule has 1 N–H and O–H groups in total. The molecule has 1 amide bonds. The zero-order chi connectivity index (χ0) is 18.3. The third kappa shape index (κ3) is 2.60. The van der Waals surface area contributed by atoms with E-state index in [1.54, 1.807) is 24.8 Å². The summed E-state index contributed by atoms with van der Waals surface area (Å²) in [4.78, 5) is 18.3. The summed E-state index contributed by atoms with van der Waals surface area (Å²) in [6, 6.07) is 1.93. The first-order chi connectivity index (χ1) is 12.6. The second kappa shape index (κ2) is 6.41. The topological polar surface area (TPSA) is 91.4 Å². The zero-order valence-electron chi connectivity index (χ0n) is 14.4. The first-order valence-electron chi connectivity index (χ1n) is 8.64. The van der Waals surface area contributed by atoms with Crippen LogP contribution in [0.2, 0.25) is 0 Å². The van der Waals surface area contributed by atoms with Gasteiger partial charge in [0.05, 0.1) is 18.5 Å². The van der Waals surface area contributed by atoms with Gasteiger partial charge in [0.2, 0.25) is 5.91 Å². The number of piperidine rings is 1. The number of likely N-dealkylation sites (tertiary alicyclic amines) is 1. The summed E-state index contributed by atoms with van der Waals surface area (Å²) in [6.07, 6.45) is 5.97. The van der Waals surface area contributed by atoms with Crippen molar-refractivity contribution in [3.05, 3.63) is 29.5 Å². The summed E-state index contributed by atoms with van der Waals surface area (Å²) in [5.74, 6) is 2.70. The Balaban J connectivity index is 1.79. The lowest BCUT2D eigenvalue weighted by atomic mass is 9.81. The van der Waals surface area contributed by atoms with Crippen LogP contribution in [-0.2, 0) is 4.79 Å². The lowest BCUT2D eigenvalue weighted by Crippen LogP contribution is -2.42. The van der Waals surface area contributed by atoms with Gasteiger partial charge in [-0.15, -0.1) is 0 Å². The van der Waals surface area contributed by atoms with E-state index < -0.39 is 0 Å². The highest BCUT2D eigenvalue weighted by molar-refractivity contribution is 6.38. The molecule has 0 unspecified atom stereocenters. The molecular formula is C18H18BN4O3. The van der Waals surface area contributed by atoms with E-state index >= 15 is 0 Å². The monoisotopic (exact) mass is 349 g/mol. The van der Waals surface area contributed by atoms with Gasteiger partial charge in [0.1, 0.15) is 12.2 Å². The van der Waals surface area contributed by atoms with Crippen LogP contribution in [0.3, 0.4) is 0 Å². The van der Waals surface area contributed by atoms with Gasteiger partial charge in [-0.1, -0.05) is 19.0 Å². The van der Waals surface area contributed by atoms with E-state index in [-0.39, 0.29) is 18.2 Å². The molecule has 131 valence electrons. The molecular weight excluding hydrogens is 331 g/mol. The molecule has 4 rings (SSSR count). The fourth-order valence-electron chi connectivity index (χ4n) is 3.88. The summed E-state index contributed by atoms with van der Waals surface area (Å²) < 4.78 is 6.58. The second-order valence-electron chi connectivity index (χ2n) is 6.82. The van der Waals surface area contributed by atoms with E-state index in [0.29, 0.717) is 30.4 Å². The number of carbonyl (C=O) groups is 1. The molecule has 8 heteroatoms. The van der Waals surface area contributed by atoms with Gasteiger partial charge >= 0.3 is 7.48 Å². The van der Waals surface area contributed by atoms with E-state index in [1.807, 2.05) is 18.1 Å². The van der Waals surface area contributed by atoms with Crippen LogP contribution in [0.5, 0.6) is 5.75 Å². The average Bonchev–Trinajstić information content (AvgIpc) is 2.99. The summed E-state index contributed by atoms with van der Waals surface area (Å²) in [5.41, 5.74) is 2.30. The number of amides is 1. The van der Waals surface area contributed by atoms with Gasteiger partial charge in [-0.3, -0.25) is 4.79 Å². The first-order valence-corrected chi connectivity index (χ1v) is 8.64. The van der Waals surface area contributed by atoms with Crippen molar-refractivity contribution in [3.8, 4) is 11.8 Å². The van der Waals surface area contributed by atoms with Crippen LogP contribution in [-0.4, -0.2) is 46.3 Å². The van der Waals surface area contributed by atoms with Gasteiger partial charge in [0.15, 0.2) is 5.65 Å². The van der Waals surface area contributed by atoms with Crippen LogP contribution in [0, 0.1) is 17.2 Å². The Morgan fingerprint density at radius 2 is 2.42 bits per heavy atom. The first kappa shape index (κ1) is 16.5. The number of rotatable bonds is 2. The molecule has 0 aromatic carbocycles. The molecule has 7 nitrogen and oxygen atoms in total. The summed E-state index contributed by atoms with van der Waals surface area (Å²) >= 11 is 0. The molecule has 2 aromatic rings. The minimum absolute atomic E-state index is 0.0508. The molecule has 0 bridgehead atoms. The van der Waals surface area contributed by atoms with Crippen molar-refractivity contribution in [3.63, 3.8) is 0 Å². The quantitative estimate of drug-likeness (QED) is 0.662. The van der Waals surface area contributed by atoms with Crippen LogP contribution in [0.25, 0.3) is 17.1 Å². The molecule has 0 spiro atoms. The maximum absolute atomic E-state index is 12.2. The molecule has 2 aromatic heterocycles. The molecule has 0 saturated carbocycles. The number of nitriles is 1. The Kier molecular flexibility index (Phi) is 4.07. The molecule has 2 aliphatic rings. The van der Waals surface area contributed by atoms with Gasteiger partial charge < -0.3 is 14.8 Å². The van der Waals surface area contributed by atoms with E-state index in [1.165, 1.54) is 0 Å². The van der Waals surface area contributed by atoms with Crippen LogP contribution >= 0.6 is 0 Å². The van der Waals surface area contributed by atoms with E-state index in [9.17, 15) is 10.0 Å².